The average molecular weight is 358 g/mol. The number of rotatable bonds is 3. The smallest absolute Gasteiger partial charge is 0.346 e. The largest absolute Gasteiger partial charge is 0.465 e. The van der Waals surface area contributed by atoms with Gasteiger partial charge >= 0.3 is 11.9 Å². The molecule has 0 atom stereocenters. The molecule has 1 heterocycles. The van der Waals surface area contributed by atoms with Gasteiger partial charge in [0.25, 0.3) is 0 Å². The van der Waals surface area contributed by atoms with Crippen molar-refractivity contribution in [1.29, 1.82) is 0 Å². The van der Waals surface area contributed by atoms with E-state index < -0.39 is 22.9 Å². The number of aryl methyl sites for hydroxylation is 1. The molecule has 0 unspecified atom stereocenters. The number of aromatic nitrogens is 1. The van der Waals surface area contributed by atoms with Gasteiger partial charge in [-0.1, -0.05) is 29.3 Å². The zero-order valence-electron chi connectivity index (χ0n) is 12.0. The van der Waals surface area contributed by atoms with Crippen LogP contribution in [0.5, 0.6) is 5.75 Å². The summed E-state index contributed by atoms with van der Waals surface area (Å²) >= 11 is 11.2. The Morgan fingerprint density at radius 3 is 2.48 bits per heavy atom. The number of esters is 2. The molecule has 0 spiro atoms. The lowest BCUT2D eigenvalue weighted by atomic mass is 10.1. The summed E-state index contributed by atoms with van der Waals surface area (Å²) in [6.45, 7) is 1.67. The van der Waals surface area contributed by atoms with Crippen molar-refractivity contribution in [3.63, 3.8) is 0 Å². The van der Waals surface area contributed by atoms with E-state index in [1.165, 1.54) is 19.2 Å². The number of carbonyl (C=O) groups is 2. The zero-order chi connectivity index (χ0) is 17.1. The predicted molar refractivity (Wildman–Crippen MR) is 81.7 cm³/mol. The lowest BCUT2D eigenvalue weighted by Gasteiger charge is -2.10. The summed E-state index contributed by atoms with van der Waals surface area (Å²) in [4.78, 5) is 27.1. The van der Waals surface area contributed by atoms with Gasteiger partial charge in [0, 0.05) is 0 Å². The molecule has 0 saturated carbocycles. The van der Waals surface area contributed by atoms with Crippen molar-refractivity contribution >= 4 is 35.1 Å². The normalized spacial score (nSPS) is 10.3. The average Bonchev–Trinajstić information content (AvgIpc) is 2.52. The summed E-state index contributed by atoms with van der Waals surface area (Å²) in [5.74, 6) is -2.30. The molecular weight excluding hydrogens is 348 g/mol. The van der Waals surface area contributed by atoms with Gasteiger partial charge in [-0.25, -0.2) is 19.0 Å². The number of benzene rings is 1. The molecule has 0 aliphatic carbocycles. The number of carbonyl (C=O) groups excluding carboxylic acids is 2. The Balaban J connectivity index is 2.34. The highest BCUT2D eigenvalue weighted by molar-refractivity contribution is 6.34. The van der Waals surface area contributed by atoms with Crippen LogP contribution in [0, 0.1) is 12.7 Å². The Hall–Kier alpha value is -2.18. The molecular formula is C15H10Cl2FNO4. The van der Waals surface area contributed by atoms with Gasteiger partial charge in [0.05, 0.1) is 12.7 Å². The molecule has 1 aromatic carbocycles. The van der Waals surface area contributed by atoms with Gasteiger partial charge in [0.1, 0.15) is 16.5 Å². The van der Waals surface area contributed by atoms with Gasteiger partial charge in [0.15, 0.2) is 11.0 Å². The molecule has 1 aromatic heterocycles. The summed E-state index contributed by atoms with van der Waals surface area (Å²) in [6, 6.07) is 5.28. The molecule has 2 aromatic rings. The van der Waals surface area contributed by atoms with Crippen LogP contribution < -0.4 is 4.74 Å². The molecule has 8 heteroatoms. The monoisotopic (exact) mass is 357 g/mol. The Bertz CT molecular complexity index is 795. The Morgan fingerprint density at radius 2 is 1.83 bits per heavy atom. The number of halogens is 3. The van der Waals surface area contributed by atoms with E-state index >= 15 is 0 Å². The first-order valence-electron chi connectivity index (χ1n) is 6.26. The minimum absolute atomic E-state index is 0.115. The Labute approximate surface area is 140 Å². The fourth-order valence-corrected chi connectivity index (χ4v) is 2.10. The lowest BCUT2D eigenvalue weighted by Crippen LogP contribution is -2.12. The van der Waals surface area contributed by atoms with Crippen LogP contribution in [0.15, 0.2) is 24.3 Å². The lowest BCUT2D eigenvalue weighted by molar-refractivity contribution is 0.0597. The van der Waals surface area contributed by atoms with E-state index in [0.717, 1.165) is 6.07 Å². The first-order valence-corrected chi connectivity index (χ1v) is 7.01. The van der Waals surface area contributed by atoms with Gasteiger partial charge in [-0.2, -0.15) is 0 Å². The van der Waals surface area contributed by atoms with Crippen LogP contribution in [0.3, 0.4) is 0 Å². The highest BCUT2D eigenvalue weighted by Gasteiger charge is 2.19. The van der Waals surface area contributed by atoms with Crippen LogP contribution in [-0.4, -0.2) is 24.0 Å². The molecule has 120 valence electrons. The van der Waals surface area contributed by atoms with Crippen LogP contribution in [0.1, 0.15) is 26.3 Å². The molecule has 0 aliphatic heterocycles. The van der Waals surface area contributed by atoms with Gasteiger partial charge in [-0.3, -0.25) is 0 Å². The standard InChI is InChI=1S/C15H10Cl2FNO4/c1-7-3-4-8(14(20)22-2)5-11(7)23-15(21)9-6-10(18)13(17)19-12(9)16/h3-6H,1-2H3. The van der Waals surface area contributed by atoms with Crippen molar-refractivity contribution in [3.8, 4) is 5.75 Å². The van der Waals surface area contributed by atoms with Crippen molar-refractivity contribution in [2.45, 2.75) is 6.92 Å². The third kappa shape index (κ3) is 3.78. The van der Waals surface area contributed by atoms with E-state index in [4.69, 9.17) is 27.9 Å². The number of nitrogens with zero attached hydrogens (tertiary/aromatic N) is 1. The van der Waals surface area contributed by atoms with E-state index in [1.807, 2.05) is 0 Å². The molecule has 0 amide bonds. The molecule has 0 saturated heterocycles. The fourth-order valence-electron chi connectivity index (χ4n) is 1.70. The van der Waals surface area contributed by atoms with Crippen LogP contribution in [0.25, 0.3) is 0 Å². The van der Waals surface area contributed by atoms with Gasteiger partial charge < -0.3 is 9.47 Å². The molecule has 2 rings (SSSR count). The molecule has 0 N–H and O–H groups in total. The highest BCUT2D eigenvalue weighted by atomic mass is 35.5. The van der Waals surface area contributed by atoms with Crippen molar-refractivity contribution in [3.05, 3.63) is 57.1 Å². The Kier molecular flexibility index (Phi) is 5.18. The summed E-state index contributed by atoms with van der Waals surface area (Å²) in [5, 5.41) is -0.737. The minimum atomic E-state index is -0.928. The third-order valence-corrected chi connectivity index (χ3v) is 3.47. The summed E-state index contributed by atoms with van der Waals surface area (Å²) in [7, 11) is 1.23. The Morgan fingerprint density at radius 1 is 1.13 bits per heavy atom. The molecule has 23 heavy (non-hydrogen) atoms. The van der Waals surface area contributed by atoms with Crippen LogP contribution >= 0.6 is 23.2 Å². The first kappa shape index (κ1) is 17.2. The van der Waals surface area contributed by atoms with E-state index in [2.05, 4.69) is 9.72 Å². The van der Waals surface area contributed by atoms with Gasteiger partial charge in [-0.15, -0.1) is 0 Å². The topological polar surface area (TPSA) is 65.5 Å². The maximum absolute atomic E-state index is 13.4. The second-order valence-corrected chi connectivity index (χ2v) is 5.18. The van der Waals surface area contributed by atoms with Crippen LogP contribution in [0.2, 0.25) is 10.3 Å². The van der Waals surface area contributed by atoms with Crippen LogP contribution in [-0.2, 0) is 4.74 Å². The van der Waals surface area contributed by atoms with Gasteiger partial charge in [-0.05, 0) is 30.7 Å². The number of hydrogen-bond donors (Lipinski definition) is 0. The van der Waals surface area contributed by atoms with E-state index in [1.54, 1.807) is 13.0 Å². The maximum atomic E-state index is 13.4. The van der Waals surface area contributed by atoms with Crippen molar-refractivity contribution in [1.82, 2.24) is 4.98 Å². The van der Waals surface area contributed by atoms with E-state index in [-0.39, 0.29) is 22.0 Å². The SMILES string of the molecule is COC(=O)c1ccc(C)c(OC(=O)c2cc(F)c(Cl)nc2Cl)c1. The number of methoxy groups -OCH3 is 1. The minimum Gasteiger partial charge on any atom is -0.465 e. The van der Waals surface area contributed by atoms with Crippen molar-refractivity contribution < 1.29 is 23.5 Å². The number of hydrogen-bond acceptors (Lipinski definition) is 5. The molecule has 0 radical (unpaired) electrons. The summed E-state index contributed by atoms with van der Waals surface area (Å²) in [6.07, 6.45) is 0. The van der Waals surface area contributed by atoms with Crippen molar-refractivity contribution in [2.75, 3.05) is 7.11 Å². The molecule has 0 bridgehead atoms. The quantitative estimate of drug-likeness (QED) is 0.474. The molecule has 0 aliphatic rings. The highest BCUT2D eigenvalue weighted by Crippen LogP contribution is 2.25. The molecule has 5 nitrogen and oxygen atoms in total. The number of pyridine rings is 1. The van der Waals surface area contributed by atoms with Crippen molar-refractivity contribution in [2.24, 2.45) is 0 Å². The third-order valence-electron chi connectivity index (χ3n) is 2.92. The van der Waals surface area contributed by atoms with Crippen LogP contribution in [0.4, 0.5) is 4.39 Å². The second kappa shape index (κ2) is 6.93. The predicted octanol–water partition coefficient (Wildman–Crippen LogP) is 3.84. The van der Waals surface area contributed by atoms with E-state index in [0.29, 0.717) is 5.56 Å². The summed E-state index contributed by atoms with van der Waals surface area (Å²) in [5.41, 5.74) is 0.508. The zero-order valence-corrected chi connectivity index (χ0v) is 13.5. The maximum Gasteiger partial charge on any atom is 0.346 e. The second-order valence-electron chi connectivity index (χ2n) is 4.46. The fraction of sp³-hybridized carbons (Fsp3) is 0.133. The molecule has 0 fully saturated rings. The number of ether oxygens (including phenoxy) is 2. The summed E-state index contributed by atoms with van der Waals surface area (Å²) < 4.78 is 23.2. The first-order chi connectivity index (χ1) is 10.8. The van der Waals surface area contributed by atoms with E-state index in [9.17, 15) is 14.0 Å². The van der Waals surface area contributed by atoms with Gasteiger partial charge in [0.2, 0.25) is 0 Å².